The van der Waals surface area contributed by atoms with Crippen molar-refractivity contribution in [3.8, 4) is 0 Å². The second-order valence-electron chi connectivity index (χ2n) is 2.79. The molecule has 0 radical (unpaired) electrons. The van der Waals surface area contributed by atoms with Crippen LogP contribution in [0.1, 0.15) is 5.56 Å². The average molecular weight is 219 g/mol. The largest absolute Gasteiger partial charge is 0.479 e. The predicted molar refractivity (Wildman–Crippen MR) is 48.8 cm³/mol. The van der Waals surface area contributed by atoms with Gasteiger partial charge in [0, 0.05) is 11.4 Å². The second-order valence-corrected chi connectivity index (χ2v) is 3.23. The van der Waals surface area contributed by atoms with Gasteiger partial charge in [0.1, 0.15) is 5.82 Å². The van der Waals surface area contributed by atoms with Crippen LogP contribution in [-0.4, -0.2) is 22.3 Å². The molecule has 0 fully saturated rings. The first-order chi connectivity index (χ1) is 6.50. The Morgan fingerprint density at radius 3 is 2.71 bits per heavy atom. The molecule has 0 saturated heterocycles. The Balaban J connectivity index is 2.82. The topological polar surface area (TPSA) is 57.5 Å². The molecule has 0 saturated carbocycles. The minimum atomic E-state index is -1.59. The van der Waals surface area contributed by atoms with Crippen molar-refractivity contribution in [2.45, 2.75) is 12.5 Å². The van der Waals surface area contributed by atoms with Crippen molar-refractivity contribution in [2.24, 2.45) is 0 Å². The summed E-state index contributed by atoms with van der Waals surface area (Å²) in [4.78, 5) is 10.3. The van der Waals surface area contributed by atoms with Crippen molar-refractivity contribution < 1.29 is 19.4 Å². The van der Waals surface area contributed by atoms with Gasteiger partial charge in [0.15, 0.2) is 6.10 Å². The van der Waals surface area contributed by atoms with Crippen LogP contribution in [0.25, 0.3) is 0 Å². The zero-order valence-electron chi connectivity index (χ0n) is 7.08. The van der Waals surface area contributed by atoms with Crippen LogP contribution in [0.3, 0.4) is 0 Å². The zero-order valence-corrected chi connectivity index (χ0v) is 7.83. The average Bonchev–Trinajstić information content (AvgIpc) is 2.09. The van der Waals surface area contributed by atoms with Crippen LogP contribution in [0.4, 0.5) is 4.39 Å². The molecule has 1 aromatic rings. The Morgan fingerprint density at radius 1 is 1.57 bits per heavy atom. The van der Waals surface area contributed by atoms with Crippen molar-refractivity contribution in [1.82, 2.24) is 0 Å². The Kier molecular flexibility index (Phi) is 3.43. The molecule has 76 valence electrons. The molecule has 5 heteroatoms. The Labute approximate surface area is 84.7 Å². The lowest BCUT2D eigenvalue weighted by atomic mass is 10.1. The molecule has 1 atom stereocenters. The van der Waals surface area contributed by atoms with Gasteiger partial charge >= 0.3 is 5.97 Å². The highest BCUT2D eigenvalue weighted by atomic mass is 35.5. The quantitative estimate of drug-likeness (QED) is 0.808. The maximum atomic E-state index is 13.1. The van der Waals surface area contributed by atoms with E-state index in [1.54, 1.807) is 0 Å². The molecule has 0 heterocycles. The summed E-state index contributed by atoms with van der Waals surface area (Å²) in [6.07, 6.45) is -1.86. The third-order valence-electron chi connectivity index (χ3n) is 1.71. The highest BCUT2D eigenvalue weighted by Gasteiger charge is 2.15. The first-order valence-electron chi connectivity index (χ1n) is 3.85. The van der Waals surface area contributed by atoms with E-state index in [1.165, 1.54) is 12.1 Å². The number of benzene rings is 1. The highest BCUT2D eigenvalue weighted by Crippen LogP contribution is 2.15. The van der Waals surface area contributed by atoms with Crippen LogP contribution in [0.15, 0.2) is 18.2 Å². The van der Waals surface area contributed by atoms with Crippen LogP contribution in [-0.2, 0) is 11.2 Å². The van der Waals surface area contributed by atoms with Crippen LogP contribution >= 0.6 is 11.6 Å². The Morgan fingerprint density at radius 2 is 2.21 bits per heavy atom. The standard InChI is InChI=1S/C9H8ClFO3/c10-6-2-1-5(7(11)4-6)3-8(12)9(13)14/h1-2,4,8,12H,3H2,(H,13,14). The molecular weight excluding hydrogens is 211 g/mol. The van der Waals surface area contributed by atoms with E-state index in [2.05, 4.69) is 0 Å². The number of carbonyl (C=O) groups is 1. The third kappa shape index (κ3) is 2.68. The fourth-order valence-corrected chi connectivity index (χ4v) is 1.14. The van der Waals surface area contributed by atoms with Gasteiger partial charge < -0.3 is 10.2 Å². The van der Waals surface area contributed by atoms with E-state index in [1.807, 2.05) is 0 Å². The van der Waals surface area contributed by atoms with Gasteiger partial charge in [-0.15, -0.1) is 0 Å². The summed E-state index contributed by atoms with van der Waals surface area (Å²) >= 11 is 5.50. The molecule has 2 N–H and O–H groups in total. The molecular formula is C9H8ClFO3. The van der Waals surface area contributed by atoms with E-state index in [-0.39, 0.29) is 17.0 Å². The normalized spacial score (nSPS) is 12.5. The fourth-order valence-electron chi connectivity index (χ4n) is 0.983. The van der Waals surface area contributed by atoms with Gasteiger partial charge in [-0.1, -0.05) is 17.7 Å². The Hall–Kier alpha value is -1.13. The van der Waals surface area contributed by atoms with Gasteiger partial charge in [0.05, 0.1) is 0 Å². The molecule has 0 bridgehead atoms. The monoisotopic (exact) mass is 218 g/mol. The summed E-state index contributed by atoms with van der Waals surface area (Å²) in [7, 11) is 0. The maximum absolute atomic E-state index is 13.1. The predicted octanol–water partition coefficient (Wildman–Crippen LogP) is 1.47. The Bertz CT molecular complexity index is 354. The number of carboxylic acids is 1. The smallest absolute Gasteiger partial charge is 0.332 e. The van der Waals surface area contributed by atoms with E-state index in [0.29, 0.717) is 0 Å². The van der Waals surface area contributed by atoms with Crippen molar-refractivity contribution in [3.05, 3.63) is 34.6 Å². The van der Waals surface area contributed by atoms with Crippen LogP contribution < -0.4 is 0 Å². The van der Waals surface area contributed by atoms with Crippen molar-refractivity contribution in [3.63, 3.8) is 0 Å². The lowest BCUT2D eigenvalue weighted by molar-refractivity contribution is -0.146. The summed E-state index contributed by atoms with van der Waals surface area (Å²) < 4.78 is 13.1. The first-order valence-corrected chi connectivity index (χ1v) is 4.23. The lowest BCUT2D eigenvalue weighted by Crippen LogP contribution is -2.22. The van der Waals surface area contributed by atoms with Gasteiger partial charge in [-0.05, 0) is 17.7 Å². The van der Waals surface area contributed by atoms with E-state index in [4.69, 9.17) is 21.8 Å². The third-order valence-corrected chi connectivity index (χ3v) is 1.95. The highest BCUT2D eigenvalue weighted by molar-refractivity contribution is 6.30. The van der Waals surface area contributed by atoms with Crippen molar-refractivity contribution in [1.29, 1.82) is 0 Å². The number of aliphatic hydroxyl groups is 1. The van der Waals surface area contributed by atoms with Crippen molar-refractivity contribution in [2.75, 3.05) is 0 Å². The molecule has 0 aliphatic rings. The summed E-state index contributed by atoms with van der Waals surface area (Å²) in [5, 5.41) is 17.6. The van der Waals surface area contributed by atoms with Gasteiger partial charge in [0.2, 0.25) is 0 Å². The van der Waals surface area contributed by atoms with E-state index >= 15 is 0 Å². The fraction of sp³-hybridized carbons (Fsp3) is 0.222. The molecule has 0 aromatic heterocycles. The maximum Gasteiger partial charge on any atom is 0.332 e. The number of hydrogen-bond acceptors (Lipinski definition) is 2. The number of aliphatic carboxylic acids is 1. The summed E-state index contributed by atoms with van der Waals surface area (Å²) in [5.74, 6) is -1.99. The summed E-state index contributed by atoms with van der Waals surface area (Å²) in [6, 6.07) is 3.86. The second kappa shape index (κ2) is 4.39. The van der Waals surface area contributed by atoms with Crippen LogP contribution in [0.5, 0.6) is 0 Å². The SMILES string of the molecule is O=C(O)C(O)Cc1ccc(Cl)cc1F. The van der Waals surface area contributed by atoms with E-state index in [0.717, 1.165) is 6.07 Å². The molecule has 3 nitrogen and oxygen atoms in total. The lowest BCUT2D eigenvalue weighted by Gasteiger charge is -2.06. The molecule has 1 aromatic carbocycles. The molecule has 0 aliphatic carbocycles. The van der Waals surface area contributed by atoms with Gasteiger partial charge in [-0.25, -0.2) is 9.18 Å². The number of carboxylic acid groups (broad SMARTS) is 1. The number of rotatable bonds is 3. The summed E-state index contributed by atoms with van der Waals surface area (Å²) in [6.45, 7) is 0. The van der Waals surface area contributed by atoms with Gasteiger partial charge in [0.25, 0.3) is 0 Å². The van der Waals surface area contributed by atoms with Gasteiger partial charge in [-0.2, -0.15) is 0 Å². The minimum Gasteiger partial charge on any atom is -0.479 e. The van der Waals surface area contributed by atoms with Crippen LogP contribution in [0, 0.1) is 5.82 Å². The molecule has 1 rings (SSSR count). The minimum absolute atomic E-state index is 0.129. The van der Waals surface area contributed by atoms with Crippen molar-refractivity contribution >= 4 is 17.6 Å². The van der Waals surface area contributed by atoms with E-state index < -0.39 is 17.9 Å². The van der Waals surface area contributed by atoms with Crippen LogP contribution in [0.2, 0.25) is 5.02 Å². The van der Waals surface area contributed by atoms with E-state index in [9.17, 15) is 9.18 Å². The van der Waals surface area contributed by atoms with Gasteiger partial charge in [-0.3, -0.25) is 0 Å². The molecule has 0 spiro atoms. The zero-order chi connectivity index (χ0) is 10.7. The molecule has 14 heavy (non-hydrogen) atoms. The first kappa shape index (κ1) is 10.9. The number of hydrogen-bond donors (Lipinski definition) is 2. The number of aliphatic hydroxyl groups excluding tert-OH is 1. The number of halogens is 2. The summed E-state index contributed by atoms with van der Waals surface area (Å²) in [5.41, 5.74) is 0.129. The molecule has 0 amide bonds. The molecule has 1 unspecified atom stereocenters. The molecule has 0 aliphatic heterocycles.